The van der Waals surface area contributed by atoms with Gasteiger partial charge in [0.15, 0.2) is 5.78 Å². The van der Waals surface area contributed by atoms with Crippen LogP contribution in [-0.2, 0) is 25.5 Å². The summed E-state index contributed by atoms with van der Waals surface area (Å²) in [5.41, 5.74) is 4.87. The highest BCUT2D eigenvalue weighted by Crippen LogP contribution is 2.36. The molecule has 2 unspecified atom stereocenters. The van der Waals surface area contributed by atoms with E-state index < -0.39 is 23.3 Å². The molecule has 0 aromatic heterocycles. The van der Waals surface area contributed by atoms with Crippen molar-refractivity contribution in [2.45, 2.75) is 30.9 Å². The fraction of sp³-hybridized carbons (Fsp3) is 0.412. The van der Waals surface area contributed by atoms with Gasteiger partial charge in [0.25, 0.3) is 5.91 Å². The maximum atomic E-state index is 12.6. The third-order valence-electron chi connectivity index (χ3n) is 4.58. The van der Waals surface area contributed by atoms with Crippen molar-refractivity contribution >= 4 is 17.6 Å². The van der Waals surface area contributed by atoms with E-state index in [1.165, 1.54) is 11.3 Å². The number of ketones is 1. The van der Waals surface area contributed by atoms with Gasteiger partial charge in [0.2, 0.25) is 11.4 Å². The van der Waals surface area contributed by atoms with Crippen molar-refractivity contribution < 1.29 is 19.1 Å². The summed E-state index contributed by atoms with van der Waals surface area (Å²) in [5, 5.41) is 0. The number of Topliss-reactive ketones (excluding diaryl/α,β-unsaturated/α-hetero) is 1. The molecule has 1 aromatic carbocycles. The second-order valence-corrected chi connectivity index (χ2v) is 5.88. The van der Waals surface area contributed by atoms with Crippen LogP contribution < -0.4 is 5.73 Å². The number of amides is 2. The first kappa shape index (κ1) is 15.7. The number of fused-ring (bicyclic) bond motifs is 1. The lowest BCUT2D eigenvalue weighted by molar-refractivity contribution is -0.156. The molecule has 0 aliphatic carbocycles. The fourth-order valence-electron chi connectivity index (χ4n) is 3.46. The number of hydrogen-bond donors (Lipinski definition) is 1. The molecule has 2 aliphatic heterocycles. The number of carbonyl (C=O) groups excluding carboxylic acids is 3. The summed E-state index contributed by atoms with van der Waals surface area (Å²) in [5.74, 6) is -1.57. The van der Waals surface area contributed by atoms with Crippen molar-refractivity contribution in [3.05, 3.63) is 42.3 Å². The van der Waals surface area contributed by atoms with Crippen molar-refractivity contribution in [2.75, 3.05) is 13.2 Å². The van der Waals surface area contributed by atoms with Crippen LogP contribution in [0.4, 0.5) is 0 Å². The van der Waals surface area contributed by atoms with Crippen LogP contribution in [0.1, 0.15) is 18.4 Å². The molecule has 0 saturated carbocycles. The summed E-state index contributed by atoms with van der Waals surface area (Å²) in [6.07, 6.45) is 2.53. The quantitative estimate of drug-likeness (QED) is 0.806. The molecule has 6 heteroatoms. The summed E-state index contributed by atoms with van der Waals surface area (Å²) in [6.45, 7) is 0.161. The smallest absolute Gasteiger partial charge is 0.254 e. The molecule has 3 rings (SSSR count). The number of ether oxygens (including phenoxy) is 1. The van der Waals surface area contributed by atoms with E-state index >= 15 is 0 Å². The lowest BCUT2D eigenvalue weighted by atomic mass is 9.81. The number of nitrogens with two attached hydrogens (primary N) is 1. The summed E-state index contributed by atoms with van der Waals surface area (Å²) in [4.78, 5) is 38.3. The molecule has 2 aliphatic rings. The number of likely N-dealkylation sites (tertiary alicyclic amines) is 1. The third kappa shape index (κ3) is 2.53. The number of piperidine rings is 1. The molecule has 2 heterocycles. The molecule has 6 nitrogen and oxygen atoms in total. The lowest BCUT2D eigenvalue weighted by Crippen LogP contribution is -2.69. The Morgan fingerprint density at radius 1 is 1.35 bits per heavy atom. The van der Waals surface area contributed by atoms with Crippen LogP contribution >= 0.6 is 0 Å². The fourth-order valence-corrected chi connectivity index (χ4v) is 3.46. The van der Waals surface area contributed by atoms with E-state index in [1.807, 2.05) is 30.3 Å². The van der Waals surface area contributed by atoms with Crippen molar-refractivity contribution in [1.29, 1.82) is 0 Å². The normalized spacial score (nSPS) is 26.9. The first-order valence-electron chi connectivity index (χ1n) is 7.70. The van der Waals surface area contributed by atoms with Crippen LogP contribution in [0.3, 0.4) is 0 Å². The van der Waals surface area contributed by atoms with Gasteiger partial charge in [0.1, 0.15) is 6.61 Å². The highest BCUT2D eigenvalue weighted by atomic mass is 16.5. The van der Waals surface area contributed by atoms with Crippen LogP contribution in [0.5, 0.6) is 0 Å². The van der Waals surface area contributed by atoms with E-state index in [9.17, 15) is 14.4 Å². The first-order valence-corrected chi connectivity index (χ1v) is 7.70. The van der Waals surface area contributed by atoms with E-state index in [0.29, 0.717) is 25.8 Å². The Hall–Kier alpha value is -2.21. The molecule has 2 saturated heterocycles. The molecule has 1 aromatic rings. The minimum atomic E-state index is -1.64. The van der Waals surface area contributed by atoms with Gasteiger partial charge in [-0.2, -0.15) is 0 Å². The number of primary amides is 1. The van der Waals surface area contributed by atoms with Gasteiger partial charge in [0.05, 0.1) is 12.5 Å². The molecular formula is C17H19N2O4. The Morgan fingerprint density at radius 3 is 2.78 bits per heavy atom. The highest BCUT2D eigenvalue weighted by molar-refractivity contribution is 6.15. The summed E-state index contributed by atoms with van der Waals surface area (Å²) in [6, 6.07) is 9.51. The van der Waals surface area contributed by atoms with Crippen LogP contribution in [0, 0.1) is 6.42 Å². The van der Waals surface area contributed by atoms with Gasteiger partial charge in [-0.15, -0.1) is 0 Å². The zero-order chi connectivity index (χ0) is 16.4. The Bertz CT molecular complexity index is 631. The topological polar surface area (TPSA) is 89.7 Å². The molecule has 121 valence electrons. The largest absolute Gasteiger partial charge is 0.367 e. The average Bonchev–Trinajstić information content (AvgIpc) is 2.92. The molecule has 2 N–H and O–H groups in total. The molecule has 0 spiro atoms. The number of hydrogen-bond acceptors (Lipinski definition) is 4. The van der Waals surface area contributed by atoms with Crippen molar-refractivity contribution in [3.63, 3.8) is 0 Å². The van der Waals surface area contributed by atoms with Gasteiger partial charge in [-0.3, -0.25) is 14.4 Å². The predicted molar refractivity (Wildman–Crippen MR) is 82.1 cm³/mol. The van der Waals surface area contributed by atoms with Gasteiger partial charge >= 0.3 is 0 Å². The van der Waals surface area contributed by atoms with Crippen molar-refractivity contribution in [3.8, 4) is 0 Å². The Kier molecular flexibility index (Phi) is 4.17. The lowest BCUT2D eigenvalue weighted by Gasteiger charge is -2.43. The second kappa shape index (κ2) is 6.12. The Labute approximate surface area is 134 Å². The molecule has 2 amide bonds. The first-order chi connectivity index (χ1) is 11.1. The predicted octanol–water partition coefficient (Wildman–Crippen LogP) is 0.248. The zero-order valence-corrected chi connectivity index (χ0v) is 12.7. The molecule has 2 atom stereocenters. The van der Waals surface area contributed by atoms with E-state index in [1.54, 1.807) is 0 Å². The number of carbonyl (C=O) groups is 3. The number of benzene rings is 1. The molecule has 23 heavy (non-hydrogen) atoms. The third-order valence-corrected chi connectivity index (χ3v) is 4.58. The van der Waals surface area contributed by atoms with E-state index in [2.05, 4.69) is 0 Å². The summed E-state index contributed by atoms with van der Waals surface area (Å²) < 4.78 is 5.42. The standard InChI is InChI=1S/C17H19N2O4/c18-16(22)17-13(20)11-23-14(17)7-4-10-19(17)15(21)9-8-12-5-2-1-3-6-12/h1-3,5-6,9,14H,4,7-8,10-11H2,(H2,18,22). The maximum Gasteiger partial charge on any atom is 0.254 e. The average molecular weight is 315 g/mol. The second-order valence-electron chi connectivity index (χ2n) is 5.88. The summed E-state index contributed by atoms with van der Waals surface area (Å²) in [7, 11) is 0. The minimum absolute atomic E-state index is 0.171. The molecule has 1 radical (unpaired) electrons. The van der Waals surface area contributed by atoms with Crippen LogP contribution in [0.25, 0.3) is 0 Å². The van der Waals surface area contributed by atoms with Gasteiger partial charge in [-0.25, -0.2) is 0 Å². The SMILES string of the molecule is NC(=O)C12C(=O)COC1CCCN2C(=O)[CH]Cc1ccccc1. The van der Waals surface area contributed by atoms with Gasteiger partial charge in [-0.1, -0.05) is 30.3 Å². The number of nitrogens with zero attached hydrogens (tertiary/aromatic N) is 1. The van der Waals surface area contributed by atoms with Crippen LogP contribution in [0.15, 0.2) is 30.3 Å². The van der Waals surface area contributed by atoms with E-state index in [0.717, 1.165) is 5.56 Å². The molecule has 2 fully saturated rings. The molecule has 0 bridgehead atoms. The van der Waals surface area contributed by atoms with E-state index in [4.69, 9.17) is 10.5 Å². The summed E-state index contributed by atoms with van der Waals surface area (Å²) >= 11 is 0. The molecular weight excluding hydrogens is 296 g/mol. The van der Waals surface area contributed by atoms with Gasteiger partial charge in [-0.05, 0) is 24.8 Å². The van der Waals surface area contributed by atoms with Crippen LogP contribution in [0.2, 0.25) is 0 Å². The van der Waals surface area contributed by atoms with Gasteiger partial charge < -0.3 is 15.4 Å². The Morgan fingerprint density at radius 2 is 2.09 bits per heavy atom. The number of rotatable bonds is 4. The van der Waals surface area contributed by atoms with E-state index in [-0.39, 0.29) is 12.5 Å². The van der Waals surface area contributed by atoms with Crippen LogP contribution in [-0.4, -0.2) is 47.3 Å². The van der Waals surface area contributed by atoms with Gasteiger partial charge in [0, 0.05) is 6.54 Å². The highest BCUT2D eigenvalue weighted by Gasteiger charge is 2.62. The zero-order valence-electron chi connectivity index (χ0n) is 12.7. The minimum Gasteiger partial charge on any atom is -0.367 e. The van der Waals surface area contributed by atoms with Crippen molar-refractivity contribution in [2.24, 2.45) is 5.73 Å². The maximum absolute atomic E-state index is 12.6. The van der Waals surface area contributed by atoms with Crippen molar-refractivity contribution in [1.82, 2.24) is 4.90 Å². The Balaban J connectivity index is 1.80. The monoisotopic (exact) mass is 315 g/mol.